The summed E-state index contributed by atoms with van der Waals surface area (Å²) < 4.78 is 0. The number of nitrogens with one attached hydrogen (secondary N) is 1. The Hall–Kier alpha value is -1.92. The molecule has 0 saturated carbocycles. The lowest BCUT2D eigenvalue weighted by Crippen LogP contribution is -2.13. The molecule has 2 rings (SSSR count). The van der Waals surface area contributed by atoms with Crippen molar-refractivity contribution in [1.82, 2.24) is 20.2 Å². The lowest BCUT2D eigenvalue weighted by atomic mass is 10.2. The molecule has 2 aromatic rings. The highest BCUT2D eigenvalue weighted by Gasteiger charge is 2.11. The molecule has 0 bridgehead atoms. The normalized spacial score (nSPS) is 10.1. The quantitative estimate of drug-likeness (QED) is 0.938. The van der Waals surface area contributed by atoms with Crippen molar-refractivity contribution >= 4 is 41.3 Å². The number of rotatable bonds is 3. The van der Waals surface area contributed by atoms with Crippen LogP contribution in [0.3, 0.4) is 0 Å². The molecule has 0 aliphatic carbocycles. The van der Waals surface area contributed by atoms with Gasteiger partial charge in [-0.25, -0.2) is 0 Å². The van der Waals surface area contributed by atoms with Crippen molar-refractivity contribution in [2.75, 3.05) is 5.32 Å². The minimum absolute atomic E-state index is 0.0750. The molecule has 1 aromatic heterocycles. The van der Waals surface area contributed by atoms with Gasteiger partial charge >= 0.3 is 0 Å². The highest BCUT2D eigenvalue weighted by atomic mass is 35.5. The summed E-state index contributed by atoms with van der Waals surface area (Å²) >= 11 is 11.6. The molecule has 0 atom stereocenters. The van der Waals surface area contributed by atoms with Gasteiger partial charge in [0.25, 0.3) is 11.9 Å². The molecule has 0 unspecified atom stereocenters. The van der Waals surface area contributed by atoms with E-state index >= 15 is 0 Å². The molecule has 0 fully saturated rings. The summed E-state index contributed by atoms with van der Waals surface area (Å²) in [4.78, 5) is 12.9. The van der Waals surface area contributed by atoms with Gasteiger partial charge < -0.3 is 0 Å². The van der Waals surface area contributed by atoms with Crippen molar-refractivity contribution in [3.63, 3.8) is 0 Å². The lowest BCUT2D eigenvalue weighted by Gasteiger charge is -2.02. The number of tetrazole rings is 1. The number of amides is 1. The Morgan fingerprint density at radius 1 is 1.39 bits per heavy atom. The Bertz CT molecular complexity index is 610. The first-order chi connectivity index (χ1) is 8.60. The number of benzene rings is 1. The van der Waals surface area contributed by atoms with Crippen LogP contribution in [0.2, 0.25) is 10.0 Å². The third-order valence-electron chi connectivity index (χ3n) is 2.00. The number of carbonyl (C=O) groups excluding carboxylic acids is 1. The topological polar surface area (TPSA) is 72.7 Å². The number of anilines is 1. The smallest absolute Gasteiger partial charge is 0.270 e. The highest BCUT2D eigenvalue weighted by molar-refractivity contribution is 6.42. The van der Waals surface area contributed by atoms with Gasteiger partial charge in [-0.05, 0) is 23.4 Å². The Kier molecular flexibility index (Phi) is 3.59. The van der Waals surface area contributed by atoms with Gasteiger partial charge in [0.2, 0.25) is 0 Å². The molecular weight excluding hydrogens is 277 g/mol. The van der Waals surface area contributed by atoms with Crippen LogP contribution < -0.4 is 5.32 Å². The minimum atomic E-state index is -0.405. The van der Waals surface area contributed by atoms with E-state index in [1.54, 1.807) is 6.07 Å². The van der Waals surface area contributed by atoms with E-state index in [0.29, 0.717) is 15.6 Å². The first-order valence-corrected chi connectivity index (χ1v) is 5.54. The second-order valence-corrected chi connectivity index (χ2v) is 4.01. The number of hydrogen-bond acceptors (Lipinski definition) is 4. The molecule has 8 heteroatoms. The van der Waals surface area contributed by atoms with Crippen molar-refractivity contribution in [2.24, 2.45) is 0 Å². The van der Waals surface area contributed by atoms with Crippen LogP contribution in [0.1, 0.15) is 10.4 Å². The molecule has 92 valence electrons. The third kappa shape index (κ3) is 2.66. The fourth-order valence-electron chi connectivity index (χ4n) is 1.16. The molecule has 1 amide bonds. The van der Waals surface area contributed by atoms with E-state index in [9.17, 15) is 4.79 Å². The van der Waals surface area contributed by atoms with Crippen molar-refractivity contribution < 1.29 is 4.79 Å². The summed E-state index contributed by atoms with van der Waals surface area (Å²) in [6.07, 6.45) is 1.35. The molecule has 0 aliphatic heterocycles. The van der Waals surface area contributed by atoms with Crippen LogP contribution in [0, 0.1) is 0 Å². The zero-order chi connectivity index (χ0) is 13.1. The third-order valence-corrected chi connectivity index (χ3v) is 2.74. The van der Waals surface area contributed by atoms with E-state index in [-0.39, 0.29) is 5.95 Å². The Morgan fingerprint density at radius 3 is 2.78 bits per heavy atom. The Morgan fingerprint density at radius 2 is 2.17 bits per heavy atom. The number of aromatic nitrogens is 4. The van der Waals surface area contributed by atoms with Gasteiger partial charge in [-0.2, -0.15) is 0 Å². The van der Waals surface area contributed by atoms with E-state index in [1.165, 1.54) is 18.3 Å². The van der Waals surface area contributed by atoms with Crippen LogP contribution in [0.5, 0.6) is 0 Å². The van der Waals surface area contributed by atoms with Crippen LogP contribution in [0.25, 0.3) is 6.20 Å². The molecule has 6 nitrogen and oxygen atoms in total. The first-order valence-electron chi connectivity index (χ1n) is 4.78. The van der Waals surface area contributed by atoms with Gasteiger partial charge in [0.05, 0.1) is 10.0 Å². The molecule has 1 heterocycles. The van der Waals surface area contributed by atoms with E-state index in [2.05, 4.69) is 27.3 Å². The van der Waals surface area contributed by atoms with Crippen molar-refractivity contribution in [2.45, 2.75) is 0 Å². The van der Waals surface area contributed by atoms with Gasteiger partial charge in [-0.15, -0.1) is 9.90 Å². The summed E-state index contributed by atoms with van der Waals surface area (Å²) in [5.74, 6) is -0.330. The van der Waals surface area contributed by atoms with Crippen molar-refractivity contribution in [1.29, 1.82) is 0 Å². The maximum absolute atomic E-state index is 11.8. The molecule has 18 heavy (non-hydrogen) atoms. The number of halogens is 2. The fourth-order valence-corrected chi connectivity index (χ4v) is 1.46. The molecule has 1 N–H and O–H groups in total. The molecule has 0 saturated heterocycles. The zero-order valence-electron chi connectivity index (χ0n) is 8.97. The average molecular weight is 284 g/mol. The van der Waals surface area contributed by atoms with Gasteiger partial charge in [-0.3, -0.25) is 10.1 Å². The molecule has 0 spiro atoms. The van der Waals surface area contributed by atoms with Gasteiger partial charge in [0, 0.05) is 11.8 Å². The van der Waals surface area contributed by atoms with Crippen LogP contribution in [-0.2, 0) is 0 Å². The summed E-state index contributed by atoms with van der Waals surface area (Å²) in [6.45, 7) is 3.46. The van der Waals surface area contributed by atoms with Crippen LogP contribution in [0.4, 0.5) is 5.95 Å². The molecule has 1 aromatic carbocycles. The number of carbonyl (C=O) groups is 1. The standard InChI is InChI=1S/C10H7Cl2N5O/c1-2-17-15-10(14-16-17)13-9(18)6-3-4-7(11)8(12)5-6/h2-5H,1H2,(H,13,15,18). The predicted octanol–water partition coefficient (Wildman–Crippen LogP) is 2.33. The van der Waals surface area contributed by atoms with Crippen LogP contribution in [-0.4, -0.2) is 26.1 Å². The highest BCUT2D eigenvalue weighted by Crippen LogP contribution is 2.22. The van der Waals surface area contributed by atoms with E-state index in [1.807, 2.05) is 0 Å². The summed E-state index contributed by atoms with van der Waals surface area (Å²) in [5.41, 5.74) is 0.347. The number of nitrogens with zero attached hydrogens (tertiary/aromatic N) is 4. The Labute approximate surface area is 112 Å². The maximum Gasteiger partial charge on any atom is 0.270 e. The minimum Gasteiger partial charge on any atom is -0.288 e. The zero-order valence-corrected chi connectivity index (χ0v) is 10.5. The van der Waals surface area contributed by atoms with Gasteiger partial charge in [-0.1, -0.05) is 34.9 Å². The fraction of sp³-hybridized carbons (Fsp3) is 0. The Balaban J connectivity index is 2.16. The van der Waals surface area contributed by atoms with Crippen LogP contribution in [0.15, 0.2) is 24.8 Å². The van der Waals surface area contributed by atoms with Gasteiger partial charge in [0.15, 0.2) is 0 Å². The van der Waals surface area contributed by atoms with Crippen LogP contribution >= 0.6 is 23.2 Å². The molecule has 0 aliphatic rings. The van der Waals surface area contributed by atoms with Crippen molar-refractivity contribution in [3.8, 4) is 0 Å². The molecule has 0 radical (unpaired) electrons. The lowest BCUT2D eigenvalue weighted by molar-refractivity contribution is 0.102. The van der Waals surface area contributed by atoms with Gasteiger partial charge in [0.1, 0.15) is 0 Å². The second-order valence-electron chi connectivity index (χ2n) is 3.20. The molecular formula is C10H7Cl2N5O. The maximum atomic E-state index is 11.8. The summed E-state index contributed by atoms with van der Waals surface area (Å²) in [7, 11) is 0. The summed E-state index contributed by atoms with van der Waals surface area (Å²) in [6, 6.07) is 4.53. The monoisotopic (exact) mass is 283 g/mol. The largest absolute Gasteiger partial charge is 0.288 e. The second kappa shape index (κ2) is 5.16. The first kappa shape index (κ1) is 12.5. The average Bonchev–Trinajstić information content (AvgIpc) is 2.80. The van der Waals surface area contributed by atoms with Crippen molar-refractivity contribution in [3.05, 3.63) is 40.4 Å². The summed E-state index contributed by atoms with van der Waals surface area (Å²) in [5, 5.41) is 14.2. The van der Waals surface area contributed by atoms with E-state index in [0.717, 1.165) is 4.80 Å². The number of hydrogen-bond donors (Lipinski definition) is 1. The SMILES string of the molecule is C=Cn1nnc(NC(=O)c2ccc(Cl)c(Cl)c2)n1. The van der Waals surface area contributed by atoms with E-state index in [4.69, 9.17) is 23.2 Å². The van der Waals surface area contributed by atoms with E-state index < -0.39 is 5.91 Å². The predicted molar refractivity (Wildman–Crippen MR) is 68.6 cm³/mol.